The molecule has 0 bridgehead atoms. The van der Waals surface area contributed by atoms with Gasteiger partial charge in [0.15, 0.2) is 6.29 Å². The molecule has 0 aromatic rings. The zero-order valence-electron chi connectivity index (χ0n) is 13.5. The third-order valence-electron chi connectivity index (χ3n) is 4.28. The molecule has 2 heterocycles. The van der Waals surface area contributed by atoms with E-state index in [2.05, 4.69) is 5.32 Å². The molecule has 2 aliphatic heterocycles. The quantitative estimate of drug-likeness (QED) is 0.302. The number of amides is 1. The van der Waals surface area contributed by atoms with Crippen molar-refractivity contribution in [1.82, 2.24) is 5.32 Å². The van der Waals surface area contributed by atoms with E-state index >= 15 is 0 Å². The van der Waals surface area contributed by atoms with Gasteiger partial charge in [0.25, 0.3) is 0 Å². The Labute approximate surface area is 138 Å². The minimum absolute atomic E-state index is 0.0937. The fourth-order valence-electron chi connectivity index (χ4n) is 2.87. The first-order valence-electron chi connectivity index (χ1n) is 7.79. The van der Waals surface area contributed by atoms with E-state index in [-0.39, 0.29) is 12.5 Å². The van der Waals surface area contributed by atoms with Crippen molar-refractivity contribution in [3.05, 3.63) is 0 Å². The third-order valence-corrected chi connectivity index (χ3v) is 4.28. The summed E-state index contributed by atoms with van der Waals surface area (Å²) in [6.07, 6.45) is -9.83. The van der Waals surface area contributed by atoms with Crippen molar-refractivity contribution in [2.75, 3.05) is 13.2 Å². The Balaban J connectivity index is 2.07. The SMILES string of the molecule is CC(=O)NC1COC(C)C(OC2OC(CO)C(O)C(O)C2O)C1O. The van der Waals surface area contributed by atoms with Crippen LogP contribution in [0.3, 0.4) is 0 Å². The first-order valence-corrected chi connectivity index (χ1v) is 7.79. The fourth-order valence-corrected chi connectivity index (χ4v) is 2.87. The summed E-state index contributed by atoms with van der Waals surface area (Å²) in [6, 6.07) is -0.700. The Bertz CT molecular complexity index is 434. The number of aliphatic hydroxyl groups excluding tert-OH is 5. The van der Waals surface area contributed by atoms with E-state index in [1.807, 2.05) is 0 Å². The van der Waals surface area contributed by atoms with Gasteiger partial charge in [0.2, 0.25) is 5.91 Å². The van der Waals surface area contributed by atoms with Crippen molar-refractivity contribution in [2.45, 2.75) is 68.9 Å². The molecule has 140 valence electrons. The van der Waals surface area contributed by atoms with Crippen LogP contribution in [0.15, 0.2) is 0 Å². The Morgan fingerprint density at radius 2 is 1.83 bits per heavy atom. The van der Waals surface area contributed by atoms with E-state index in [0.717, 1.165) is 0 Å². The van der Waals surface area contributed by atoms with E-state index in [4.69, 9.17) is 14.2 Å². The molecule has 10 heteroatoms. The smallest absolute Gasteiger partial charge is 0.217 e. The van der Waals surface area contributed by atoms with Gasteiger partial charge in [-0.2, -0.15) is 0 Å². The molecule has 6 N–H and O–H groups in total. The van der Waals surface area contributed by atoms with Crippen molar-refractivity contribution >= 4 is 5.91 Å². The minimum atomic E-state index is -1.58. The predicted molar refractivity (Wildman–Crippen MR) is 77.7 cm³/mol. The highest BCUT2D eigenvalue weighted by atomic mass is 16.7. The summed E-state index contributed by atoms with van der Waals surface area (Å²) in [4.78, 5) is 11.2. The van der Waals surface area contributed by atoms with Gasteiger partial charge < -0.3 is 45.1 Å². The van der Waals surface area contributed by atoms with Crippen molar-refractivity contribution in [1.29, 1.82) is 0 Å². The van der Waals surface area contributed by atoms with Crippen molar-refractivity contribution in [2.24, 2.45) is 0 Å². The predicted octanol–water partition coefficient (Wildman–Crippen LogP) is -3.54. The minimum Gasteiger partial charge on any atom is -0.394 e. The van der Waals surface area contributed by atoms with Crippen LogP contribution in [0.25, 0.3) is 0 Å². The summed E-state index contributed by atoms with van der Waals surface area (Å²) in [5.74, 6) is -0.344. The zero-order chi connectivity index (χ0) is 18.0. The van der Waals surface area contributed by atoms with Gasteiger partial charge in [-0.3, -0.25) is 4.79 Å². The van der Waals surface area contributed by atoms with Gasteiger partial charge in [-0.15, -0.1) is 0 Å². The molecule has 0 aromatic heterocycles. The number of aliphatic hydroxyl groups is 5. The lowest BCUT2D eigenvalue weighted by Crippen LogP contribution is -2.64. The summed E-state index contributed by atoms with van der Waals surface area (Å²) in [7, 11) is 0. The van der Waals surface area contributed by atoms with Crippen LogP contribution in [0.5, 0.6) is 0 Å². The topological polar surface area (TPSA) is 158 Å². The van der Waals surface area contributed by atoms with Gasteiger partial charge in [-0.05, 0) is 6.92 Å². The molecule has 0 spiro atoms. The van der Waals surface area contributed by atoms with Gasteiger partial charge in [0.05, 0.1) is 25.4 Å². The summed E-state index contributed by atoms with van der Waals surface area (Å²) in [5.41, 5.74) is 0. The molecule has 1 amide bonds. The first-order chi connectivity index (χ1) is 11.3. The first kappa shape index (κ1) is 19.5. The van der Waals surface area contributed by atoms with Gasteiger partial charge in [0, 0.05) is 6.92 Å². The van der Waals surface area contributed by atoms with Gasteiger partial charge in [-0.25, -0.2) is 0 Å². The second-order valence-corrected chi connectivity index (χ2v) is 6.13. The molecule has 2 saturated heterocycles. The number of carbonyl (C=O) groups is 1. The summed E-state index contributed by atoms with van der Waals surface area (Å²) in [5, 5.41) is 51.6. The van der Waals surface area contributed by atoms with Crippen LogP contribution in [0, 0.1) is 0 Å². The Morgan fingerprint density at radius 1 is 1.17 bits per heavy atom. The maximum Gasteiger partial charge on any atom is 0.217 e. The summed E-state index contributed by atoms with van der Waals surface area (Å²) < 4.78 is 16.3. The van der Waals surface area contributed by atoms with Crippen molar-refractivity contribution in [3.8, 4) is 0 Å². The number of rotatable bonds is 4. The number of nitrogens with one attached hydrogen (secondary N) is 1. The maximum absolute atomic E-state index is 11.2. The molecule has 9 atom stereocenters. The molecule has 9 unspecified atom stereocenters. The van der Waals surface area contributed by atoms with Crippen LogP contribution in [0.2, 0.25) is 0 Å². The van der Waals surface area contributed by atoms with E-state index in [1.165, 1.54) is 6.92 Å². The fraction of sp³-hybridized carbons (Fsp3) is 0.929. The molecular weight excluding hydrogens is 326 g/mol. The largest absolute Gasteiger partial charge is 0.394 e. The molecule has 10 nitrogen and oxygen atoms in total. The third kappa shape index (κ3) is 4.03. The summed E-state index contributed by atoms with van der Waals surface area (Å²) in [6.45, 7) is 2.45. The van der Waals surface area contributed by atoms with Crippen LogP contribution < -0.4 is 5.32 Å². The van der Waals surface area contributed by atoms with Crippen LogP contribution in [-0.4, -0.2) is 99.7 Å². The molecule has 2 fully saturated rings. The van der Waals surface area contributed by atoms with Crippen LogP contribution >= 0.6 is 0 Å². The average molecular weight is 351 g/mol. The average Bonchev–Trinajstić information content (AvgIpc) is 2.53. The number of carbonyl (C=O) groups excluding carboxylic acids is 1. The van der Waals surface area contributed by atoms with E-state index in [1.54, 1.807) is 6.92 Å². The molecule has 0 saturated carbocycles. The molecule has 0 radical (unpaired) electrons. The molecule has 0 aliphatic carbocycles. The van der Waals surface area contributed by atoms with Gasteiger partial charge in [0.1, 0.15) is 36.6 Å². The van der Waals surface area contributed by atoms with Gasteiger partial charge >= 0.3 is 0 Å². The lowest BCUT2D eigenvalue weighted by atomic mass is 9.97. The Hall–Kier alpha value is -0.850. The number of hydrogen-bond donors (Lipinski definition) is 6. The van der Waals surface area contributed by atoms with Crippen LogP contribution in [0.4, 0.5) is 0 Å². The molecule has 2 aliphatic rings. The normalized spacial score (nSPS) is 46.5. The summed E-state index contributed by atoms with van der Waals surface area (Å²) >= 11 is 0. The molecule has 2 rings (SSSR count). The molecule has 24 heavy (non-hydrogen) atoms. The lowest BCUT2D eigenvalue weighted by Gasteiger charge is -2.44. The Kier molecular flexibility index (Phi) is 6.51. The van der Waals surface area contributed by atoms with Crippen molar-refractivity contribution in [3.63, 3.8) is 0 Å². The van der Waals surface area contributed by atoms with Crippen LogP contribution in [-0.2, 0) is 19.0 Å². The van der Waals surface area contributed by atoms with Crippen molar-refractivity contribution < 1.29 is 44.5 Å². The second-order valence-electron chi connectivity index (χ2n) is 6.13. The van der Waals surface area contributed by atoms with Gasteiger partial charge in [-0.1, -0.05) is 0 Å². The monoisotopic (exact) mass is 351 g/mol. The maximum atomic E-state index is 11.2. The zero-order valence-corrected chi connectivity index (χ0v) is 13.5. The highest BCUT2D eigenvalue weighted by Gasteiger charge is 2.47. The highest BCUT2D eigenvalue weighted by Crippen LogP contribution is 2.27. The molecule has 0 aromatic carbocycles. The van der Waals surface area contributed by atoms with E-state index in [9.17, 15) is 30.3 Å². The Morgan fingerprint density at radius 3 is 2.42 bits per heavy atom. The number of hydrogen-bond acceptors (Lipinski definition) is 9. The van der Waals surface area contributed by atoms with E-state index in [0.29, 0.717) is 0 Å². The van der Waals surface area contributed by atoms with Crippen LogP contribution in [0.1, 0.15) is 13.8 Å². The highest BCUT2D eigenvalue weighted by molar-refractivity contribution is 5.73. The molecular formula is C14H25NO9. The second kappa shape index (κ2) is 8.02. The standard InChI is InChI=1S/C14H25NO9/c1-5-13(9(18)7(4-22-5)15-6(2)17)24-14-12(21)11(20)10(19)8(3-16)23-14/h5,7-14,16,18-21H,3-4H2,1-2H3,(H,15,17). The lowest BCUT2D eigenvalue weighted by molar-refractivity contribution is -0.330. The van der Waals surface area contributed by atoms with E-state index < -0.39 is 61.7 Å². The number of ether oxygens (including phenoxy) is 3.